The van der Waals surface area contributed by atoms with Crippen LogP contribution in [-0.4, -0.2) is 51.3 Å². The van der Waals surface area contributed by atoms with Gasteiger partial charge in [-0.1, -0.05) is 60.7 Å². The summed E-state index contributed by atoms with van der Waals surface area (Å²) in [5, 5.41) is 26.2. The molecule has 15 heteroatoms. The van der Waals surface area contributed by atoms with Gasteiger partial charge in [-0.2, -0.15) is 20.4 Å². The second-order valence-electron chi connectivity index (χ2n) is 13.7. The van der Waals surface area contributed by atoms with Gasteiger partial charge in [-0.05, 0) is 99.5 Å². The van der Waals surface area contributed by atoms with Crippen molar-refractivity contribution < 1.29 is 25.8 Å². The number of allylic oxidation sites excluding steroid dienone is 2. The van der Waals surface area contributed by atoms with E-state index in [1.807, 2.05) is 72.8 Å². The number of hydrogen-bond acceptors (Lipinski definition) is 8. The predicted molar refractivity (Wildman–Crippen MR) is 233 cm³/mol. The normalized spacial score (nSPS) is 11.9. The van der Waals surface area contributed by atoms with Gasteiger partial charge in [0.2, 0.25) is 0 Å². The second-order valence-corrected chi connectivity index (χ2v) is 14.4. The van der Waals surface area contributed by atoms with Crippen LogP contribution in [0.5, 0.6) is 0 Å². The molecule has 0 bridgehead atoms. The van der Waals surface area contributed by atoms with Crippen molar-refractivity contribution in [2.75, 3.05) is 0 Å². The van der Waals surface area contributed by atoms with Crippen LogP contribution in [0.3, 0.4) is 0 Å². The maximum Gasteiger partial charge on any atom is 2.00 e. The number of benzene rings is 4. The molecule has 0 N–H and O–H groups in total. The quantitative estimate of drug-likeness (QED) is 0.0772. The molecule has 1 radical (unpaired) electrons. The zero-order valence-corrected chi connectivity index (χ0v) is 34.9. The Balaban J connectivity index is 0.000000195. The van der Waals surface area contributed by atoms with E-state index >= 15 is 0 Å². The SMILES string of the molecule is CC(C)n1c(/C=C/C=Nn2cnnc2[S-])c(-c2ccc(F)cc2)c2ccccc21.CC(C)n1c(/C=C/C=Nn2cnnc2[S-])c(-c2ccc(F)cc2)c2ccccc21.[Cu+2]. The van der Waals surface area contributed by atoms with Gasteiger partial charge in [0.05, 0.1) is 0 Å². The molecule has 0 spiro atoms. The molecule has 0 amide bonds. The van der Waals surface area contributed by atoms with Crippen molar-refractivity contribution in [1.82, 2.24) is 38.9 Å². The molecule has 4 heterocycles. The Hall–Kier alpha value is -6.12. The van der Waals surface area contributed by atoms with Crippen LogP contribution >= 0.6 is 0 Å². The van der Waals surface area contributed by atoms with Gasteiger partial charge in [0.1, 0.15) is 24.3 Å². The van der Waals surface area contributed by atoms with Gasteiger partial charge in [-0.15, -0.1) is 10.2 Å². The smallest absolute Gasteiger partial charge is 0.738 e. The molecule has 0 fully saturated rings. The first-order valence-corrected chi connectivity index (χ1v) is 19.3. The minimum atomic E-state index is -0.251. The first kappa shape index (κ1) is 42.5. The Bertz CT molecular complexity index is 2600. The van der Waals surface area contributed by atoms with Gasteiger partial charge < -0.3 is 34.4 Å². The van der Waals surface area contributed by atoms with Crippen LogP contribution < -0.4 is 0 Å². The summed E-state index contributed by atoms with van der Waals surface area (Å²) in [6, 6.07) is 30.2. The van der Waals surface area contributed by atoms with Crippen molar-refractivity contribution in [2.24, 2.45) is 10.2 Å². The molecule has 4 aromatic carbocycles. The fourth-order valence-corrected chi connectivity index (χ4v) is 7.22. The molecule has 0 saturated carbocycles. The Kier molecular flexibility index (Phi) is 13.7. The van der Waals surface area contributed by atoms with Gasteiger partial charge >= 0.3 is 17.1 Å². The maximum atomic E-state index is 13.5. The first-order valence-electron chi connectivity index (χ1n) is 18.5. The monoisotopic (exact) mass is 871 g/mol. The molecule has 59 heavy (non-hydrogen) atoms. The fourth-order valence-electron chi connectivity index (χ4n) is 6.93. The molecule has 0 saturated heterocycles. The van der Waals surface area contributed by atoms with Crippen LogP contribution in [0.4, 0.5) is 8.78 Å². The number of fused-ring (bicyclic) bond motifs is 2. The summed E-state index contributed by atoms with van der Waals surface area (Å²) in [6.45, 7) is 8.58. The Morgan fingerprint density at radius 2 is 0.932 bits per heavy atom. The third kappa shape index (κ3) is 9.29. The van der Waals surface area contributed by atoms with Crippen molar-refractivity contribution in [3.05, 3.63) is 145 Å². The number of nitrogens with zero attached hydrogens (tertiary/aromatic N) is 10. The molecule has 0 atom stereocenters. The van der Waals surface area contributed by atoms with Crippen molar-refractivity contribution in [3.63, 3.8) is 0 Å². The average Bonchev–Trinajstić information content (AvgIpc) is 3.99. The van der Waals surface area contributed by atoms with Crippen LogP contribution in [-0.2, 0) is 42.3 Å². The maximum absolute atomic E-state index is 13.5. The van der Waals surface area contributed by atoms with Crippen molar-refractivity contribution in [3.8, 4) is 22.3 Å². The number of halogens is 2. The van der Waals surface area contributed by atoms with Gasteiger partial charge in [-0.3, -0.25) is 0 Å². The first-order chi connectivity index (χ1) is 28.1. The summed E-state index contributed by atoms with van der Waals surface area (Å²) >= 11 is 10.1. The minimum Gasteiger partial charge on any atom is -0.738 e. The van der Waals surface area contributed by atoms with Crippen molar-refractivity contribution in [2.45, 2.75) is 50.1 Å². The Labute approximate surface area is 362 Å². The van der Waals surface area contributed by atoms with Crippen LogP contribution in [0.1, 0.15) is 51.2 Å². The van der Waals surface area contributed by atoms with Crippen LogP contribution in [0, 0.1) is 11.6 Å². The molecule has 0 aliphatic carbocycles. The third-order valence-corrected chi connectivity index (χ3v) is 9.80. The summed E-state index contributed by atoms with van der Waals surface area (Å²) in [4.78, 5) is 0. The third-order valence-electron chi connectivity index (χ3n) is 9.26. The Morgan fingerprint density at radius 1 is 0.559 bits per heavy atom. The van der Waals surface area contributed by atoms with Crippen LogP contribution in [0.25, 0.3) is 56.2 Å². The molecular formula is C44H38CuF2N10S2. The van der Waals surface area contributed by atoms with E-state index in [0.29, 0.717) is 10.3 Å². The molecule has 10 nitrogen and oxygen atoms in total. The number of hydrogen-bond donors (Lipinski definition) is 0. The predicted octanol–water partition coefficient (Wildman–Crippen LogP) is 10.1. The van der Waals surface area contributed by atoms with Gasteiger partial charge in [0, 0.05) is 79.1 Å². The van der Waals surface area contributed by atoms with E-state index in [0.717, 1.165) is 55.4 Å². The number of aromatic nitrogens is 8. The molecular weight excluding hydrogens is 834 g/mol. The summed E-state index contributed by atoms with van der Waals surface area (Å²) < 4.78 is 34.4. The molecule has 8 rings (SSSR count). The van der Waals surface area contributed by atoms with E-state index in [1.54, 1.807) is 12.4 Å². The molecule has 301 valence electrons. The van der Waals surface area contributed by atoms with Gasteiger partial charge in [0.15, 0.2) is 0 Å². The van der Waals surface area contributed by atoms with Crippen molar-refractivity contribution >= 4 is 71.6 Å². The van der Waals surface area contributed by atoms with E-state index in [9.17, 15) is 8.78 Å². The standard InChI is InChI=1S/2C22H20FN5S.Cu/c2*1-15(2)28-19-7-4-3-6-18(19)21(16-9-11-17(23)12-10-16)20(28)8-5-13-25-27-14-24-26-22(27)29;/h2*3-15H,1-2H3,(H,26,29);/q;;+2/p-2/b2*8-5+,25-13?;. The van der Waals surface area contributed by atoms with E-state index in [1.165, 1.54) is 46.3 Å². The van der Waals surface area contributed by atoms with Gasteiger partial charge in [-0.25, -0.2) is 18.1 Å². The summed E-state index contributed by atoms with van der Waals surface area (Å²) in [5.74, 6) is -0.501. The van der Waals surface area contributed by atoms with E-state index in [4.69, 9.17) is 25.3 Å². The molecule has 0 aliphatic heterocycles. The topological polar surface area (TPSA) is 96.0 Å². The molecule has 0 unspecified atom stereocenters. The summed E-state index contributed by atoms with van der Waals surface area (Å²) in [7, 11) is 0. The van der Waals surface area contributed by atoms with Gasteiger partial charge in [0.25, 0.3) is 0 Å². The zero-order valence-electron chi connectivity index (χ0n) is 32.4. The zero-order chi connectivity index (χ0) is 40.8. The Morgan fingerprint density at radius 3 is 1.27 bits per heavy atom. The minimum absolute atomic E-state index is 0. The largest absolute Gasteiger partial charge is 2.00 e. The van der Waals surface area contributed by atoms with E-state index in [-0.39, 0.29) is 40.8 Å². The van der Waals surface area contributed by atoms with E-state index in [2.05, 4.69) is 91.7 Å². The average molecular weight is 873 g/mol. The second kappa shape index (κ2) is 19.1. The van der Waals surface area contributed by atoms with Crippen molar-refractivity contribution in [1.29, 1.82) is 0 Å². The van der Waals surface area contributed by atoms with Crippen LogP contribution in [0.2, 0.25) is 0 Å². The van der Waals surface area contributed by atoms with Crippen LogP contribution in [0.15, 0.2) is 142 Å². The number of para-hydroxylation sites is 2. The fraction of sp³-hybridized carbons (Fsp3) is 0.136. The molecule has 0 aliphatic rings. The summed E-state index contributed by atoms with van der Waals surface area (Å²) in [5.41, 5.74) is 8.37. The molecule has 4 aromatic heterocycles. The van der Waals surface area contributed by atoms with E-state index < -0.39 is 0 Å². The molecule has 8 aromatic rings. The number of rotatable bonds is 10. The summed E-state index contributed by atoms with van der Waals surface area (Å²) in [6.07, 6.45) is 13.9.